The van der Waals surface area contributed by atoms with E-state index in [-0.39, 0.29) is 5.56 Å². The quantitative estimate of drug-likeness (QED) is 0.654. The van der Waals surface area contributed by atoms with Crippen LogP contribution >= 0.6 is 11.3 Å². The molecule has 1 heterocycles. The Morgan fingerprint density at radius 1 is 1.21 bits per heavy atom. The molecule has 1 aromatic carbocycles. The van der Waals surface area contributed by atoms with Crippen molar-refractivity contribution in [2.45, 2.75) is 18.9 Å². The van der Waals surface area contributed by atoms with Gasteiger partial charge in [-0.2, -0.15) is 0 Å². The molecule has 19 heavy (non-hydrogen) atoms. The lowest BCUT2D eigenvalue weighted by Gasteiger charge is -2.17. The van der Waals surface area contributed by atoms with Crippen molar-refractivity contribution in [1.82, 2.24) is 5.43 Å². The molecule has 0 amide bonds. The van der Waals surface area contributed by atoms with E-state index >= 15 is 0 Å². The minimum absolute atomic E-state index is 0.222. The number of halogens is 3. The van der Waals surface area contributed by atoms with Crippen LogP contribution in [0.25, 0.3) is 0 Å². The van der Waals surface area contributed by atoms with Gasteiger partial charge in [-0.1, -0.05) is 6.07 Å². The molecule has 2 rings (SSSR count). The average Bonchev–Trinajstić information content (AvgIpc) is 2.85. The van der Waals surface area contributed by atoms with E-state index in [1.807, 2.05) is 17.5 Å². The molecule has 1 unspecified atom stereocenters. The highest BCUT2D eigenvalue weighted by Gasteiger charge is 2.20. The van der Waals surface area contributed by atoms with Gasteiger partial charge in [0.25, 0.3) is 0 Å². The lowest BCUT2D eigenvalue weighted by Crippen LogP contribution is -2.30. The Balaban J connectivity index is 2.17. The van der Waals surface area contributed by atoms with Crippen LogP contribution in [0.5, 0.6) is 0 Å². The summed E-state index contributed by atoms with van der Waals surface area (Å²) in [5, 5.41) is 1.93. The maximum absolute atomic E-state index is 13.6. The van der Waals surface area contributed by atoms with E-state index in [0.717, 1.165) is 4.88 Å². The van der Waals surface area contributed by atoms with E-state index in [9.17, 15) is 13.2 Å². The summed E-state index contributed by atoms with van der Waals surface area (Å²) in [6.07, 6.45) is 1.07. The topological polar surface area (TPSA) is 38.0 Å². The second-order valence-corrected chi connectivity index (χ2v) is 5.15. The number of aryl methyl sites for hydroxylation is 1. The van der Waals surface area contributed by atoms with Crippen molar-refractivity contribution in [3.63, 3.8) is 0 Å². The first kappa shape index (κ1) is 14.0. The Bertz CT molecular complexity index is 520. The number of rotatable bonds is 5. The highest BCUT2D eigenvalue weighted by atomic mass is 32.1. The van der Waals surface area contributed by atoms with Gasteiger partial charge in [0.05, 0.1) is 6.04 Å². The second kappa shape index (κ2) is 6.18. The van der Waals surface area contributed by atoms with E-state index in [1.165, 1.54) is 0 Å². The number of hydrogen-bond donors (Lipinski definition) is 2. The van der Waals surface area contributed by atoms with Gasteiger partial charge in [0.1, 0.15) is 17.5 Å². The van der Waals surface area contributed by atoms with Crippen molar-refractivity contribution in [3.8, 4) is 0 Å². The standard InChI is InChI=1S/C13H13F3N2S/c14-8-6-10(15)13(11(16)7-8)12(18-17)4-3-9-2-1-5-19-9/h1-2,5-7,12,18H,3-4,17H2. The summed E-state index contributed by atoms with van der Waals surface area (Å²) in [6, 6.07) is 4.48. The zero-order valence-electron chi connectivity index (χ0n) is 10.00. The summed E-state index contributed by atoms with van der Waals surface area (Å²) < 4.78 is 40.1. The lowest BCUT2D eigenvalue weighted by atomic mass is 10.0. The minimum Gasteiger partial charge on any atom is -0.271 e. The Morgan fingerprint density at radius 2 is 1.89 bits per heavy atom. The van der Waals surface area contributed by atoms with Gasteiger partial charge in [0.2, 0.25) is 0 Å². The summed E-state index contributed by atoms with van der Waals surface area (Å²) in [6.45, 7) is 0. The summed E-state index contributed by atoms with van der Waals surface area (Å²) in [4.78, 5) is 1.10. The molecule has 0 bridgehead atoms. The first-order valence-electron chi connectivity index (χ1n) is 5.74. The zero-order chi connectivity index (χ0) is 13.8. The van der Waals surface area contributed by atoms with Crippen LogP contribution in [0.15, 0.2) is 29.6 Å². The Labute approximate surface area is 113 Å². The van der Waals surface area contributed by atoms with Crippen molar-refractivity contribution in [2.75, 3.05) is 0 Å². The largest absolute Gasteiger partial charge is 0.271 e. The molecule has 1 atom stereocenters. The molecule has 0 spiro atoms. The normalized spacial score (nSPS) is 12.6. The number of nitrogens with two attached hydrogens (primary N) is 1. The monoisotopic (exact) mass is 286 g/mol. The summed E-state index contributed by atoms with van der Waals surface area (Å²) in [7, 11) is 0. The summed E-state index contributed by atoms with van der Waals surface area (Å²) >= 11 is 1.57. The number of hydrogen-bond acceptors (Lipinski definition) is 3. The van der Waals surface area contributed by atoms with E-state index < -0.39 is 23.5 Å². The fourth-order valence-electron chi connectivity index (χ4n) is 1.94. The first-order chi connectivity index (χ1) is 9.11. The predicted molar refractivity (Wildman–Crippen MR) is 69.0 cm³/mol. The van der Waals surface area contributed by atoms with Crippen LogP contribution < -0.4 is 11.3 Å². The molecule has 1 aromatic heterocycles. The van der Waals surface area contributed by atoms with Crippen LogP contribution in [0.2, 0.25) is 0 Å². The smallest absolute Gasteiger partial charge is 0.133 e. The predicted octanol–water partition coefficient (Wildman–Crippen LogP) is 3.30. The average molecular weight is 286 g/mol. The molecule has 0 aliphatic carbocycles. The molecule has 2 nitrogen and oxygen atoms in total. The fraction of sp³-hybridized carbons (Fsp3) is 0.231. The lowest BCUT2D eigenvalue weighted by molar-refractivity contribution is 0.446. The second-order valence-electron chi connectivity index (χ2n) is 4.12. The van der Waals surface area contributed by atoms with Crippen LogP contribution in [0.4, 0.5) is 13.2 Å². The van der Waals surface area contributed by atoms with Crippen LogP contribution in [-0.2, 0) is 6.42 Å². The molecular weight excluding hydrogens is 273 g/mol. The number of benzene rings is 1. The van der Waals surface area contributed by atoms with Gasteiger partial charge >= 0.3 is 0 Å². The van der Waals surface area contributed by atoms with Crippen LogP contribution in [0.3, 0.4) is 0 Å². The fourth-order valence-corrected chi connectivity index (χ4v) is 2.66. The van der Waals surface area contributed by atoms with Crippen molar-refractivity contribution >= 4 is 11.3 Å². The van der Waals surface area contributed by atoms with Gasteiger partial charge in [-0.05, 0) is 24.3 Å². The highest BCUT2D eigenvalue weighted by Crippen LogP contribution is 2.26. The summed E-state index contributed by atoms with van der Waals surface area (Å²) in [5.74, 6) is 2.56. The van der Waals surface area contributed by atoms with Crippen molar-refractivity contribution < 1.29 is 13.2 Å². The van der Waals surface area contributed by atoms with Gasteiger partial charge in [-0.25, -0.2) is 13.2 Å². The van der Waals surface area contributed by atoms with Crippen molar-refractivity contribution in [3.05, 3.63) is 57.5 Å². The molecule has 0 fully saturated rings. The number of hydrazine groups is 1. The van der Waals surface area contributed by atoms with E-state index in [4.69, 9.17) is 5.84 Å². The Kier molecular flexibility index (Phi) is 4.57. The van der Waals surface area contributed by atoms with Crippen molar-refractivity contribution in [1.29, 1.82) is 0 Å². The maximum atomic E-state index is 13.6. The highest BCUT2D eigenvalue weighted by molar-refractivity contribution is 7.09. The molecule has 0 saturated heterocycles. The Hall–Kier alpha value is -1.37. The van der Waals surface area contributed by atoms with Gasteiger partial charge in [-0.15, -0.1) is 11.3 Å². The molecule has 0 aliphatic heterocycles. The zero-order valence-corrected chi connectivity index (χ0v) is 10.8. The van der Waals surface area contributed by atoms with Crippen LogP contribution in [0.1, 0.15) is 22.9 Å². The third-order valence-electron chi connectivity index (χ3n) is 2.85. The molecule has 0 radical (unpaired) electrons. The molecule has 0 aliphatic rings. The molecule has 0 saturated carbocycles. The number of nitrogens with one attached hydrogen (secondary N) is 1. The van der Waals surface area contributed by atoms with Crippen LogP contribution in [-0.4, -0.2) is 0 Å². The van der Waals surface area contributed by atoms with E-state index in [2.05, 4.69) is 5.43 Å². The summed E-state index contributed by atoms with van der Waals surface area (Å²) in [5.41, 5.74) is 2.16. The molecule has 102 valence electrons. The van der Waals surface area contributed by atoms with Gasteiger partial charge in [-0.3, -0.25) is 11.3 Å². The molecule has 2 aromatic rings. The third kappa shape index (κ3) is 3.34. The minimum atomic E-state index is -0.937. The molecule has 3 N–H and O–H groups in total. The van der Waals surface area contributed by atoms with Gasteiger partial charge in [0.15, 0.2) is 0 Å². The SMILES string of the molecule is NNC(CCc1cccs1)c1c(F)cc(F)cc1F. The maximum Gasteiger partial charge on any atom is 0.133 e. The first-order valence-corrected chi connectivity index (χ1v) is 6.62. The van der Waals surface area contributed by atoms with Crippen LogP contribution in [0, 0.1) is 17.5 Å². The van der Waals surface area contributed by atoms with E-state index in [0.29, 0.717) is 25.0 Å². The van der Waals surface area contributed by atoms with Crippen molar-refractivity contribution in [2.24, 2.45) is 5.84 Å². The van der Waals surface area contributed by atoms with E-state index in [1.54, 1.807) is 11.3 Å². The molecule has 6 heteroatoms. The third-order valence-corrected chi connectivity index (χ3v) is 3.79. The van der Waals surface area contributed by atoms with Gasteiger partial charge < -0.3 is 0 Å². The Morgan fingerprint density at radius 3 is 2.42 bits per heavy atom. The van der Waals surface area contributed by atoms with Gasteiger partial charge in [0, 0.05) is 22.6 Å². The number of thiophene rings is 1. The molecular formula is C13H13F3N2S.